The molecule has 7 nitrogen and oxygen atoms in total. The van der Waals surface area contributed by atoms with Gasteiger partial charge >= 0.3 is 0 Å². The van der Waals surface area contributed by atoms with Crippen LogP contribution < -0.4 is 5.32 Å². The Morgan fingerprint density at radius 1 is 1.00 bits per heavy atom. The lowest BCUT2D eigenvalue weighted by Crippen LogP contribution is -2.27. The SMILES string of the molecule is Cc1cccc(-c2ccnc3nc(-c4n[nH]c5ccc(C6CCNCC6)nc45)[nH]c23)c1. The highest BCUT2D eigenvalue weighted by Gasteiger charge is 2.20. The van der Waals surface area contributed by atoms with E-state index in [0.717, 1.165) is 65.0 Å². The molecule has 0 aliphatic carbocycles. The Balaban J connectivity index is 1.47. The molecule has 7 heteroatoms. The average Bonchev–Trinajstić information content (AvgIpc) is 3.43. The van der Waals surface area contributed by atoms with Crippen molar-refractivity contribution >= 4 is 22.2 Å². The molecule has 1 aliphatic heterocycles. The highest BCUT2D eigenvalue weighted by Crippen LogP contribution is 2.31. The molecule has 0 amide bonds. The quantitative estimate of drug-likeness (QED) is 0.412. The van der Waals surface area contributed by atoms with Crippen molar-refractivity contribution in [2.75, 3.05) is 13.1 Å². The average molecular weight is 409 g/mol. The Morgan fingerprint density at radius 2 is 1.90 bits per heavy atom. The molecular weight excluding hydrogens is 386 g/mol. The third-order valence-electron chi connectivity index (χ3n) is 6.13. The van der Waals surface area contributed by atoms with E-state index in [4.69, 9.17) is 9.97 Å². The predicted octanol–water partition coefficient (Wildman–Crippen LogP) is 4.34. The third kappa shape index (κ3) is 3.18. The van der Waals surface area contributed by atoms with Gasteiger partial charge in [0.15, 0.2) is 17.2 Å². The van der Waals surface area contributed by atoms with E-state index in [1.165, 1.54) is 5.56 Å². The maximum atomic E-state index is 5.00. The number of imidazole rings is 1. The minimum Gasteiger partial charge on any atom is -0.335 e. The van der Waals surface area contributed by atoms with Crippen LogP contribution in [0.15, 0.2) is 48.7 Å². The first-order valence-corrected chi connectivity index (χ1v) is 10.7. The molecule has 0 radical (unpaired) electrons. The van der Waals surface area contributed by atoms with E-state index in [1.54, 1.807) is 6.20 Å². The van der Waals surface area contributed by atoms with Gasteiger partial charge in [-0.05, 0) is 56.6 Å². The van der Waals surface area contributed by atoms with Crippen LogP contribution in [0.3, 0.4) is 0 Å². The zero-order chi connectivity index (χ0) is 20.8. The van der Waals surface area contributed by atoms with Gasteiger partial charge in [-0.3, -0.25) is 5.10 Å². The number of aryl methyl sites for hydroxylation is 1. The van der Waals surface area contributed by atoms with Crippen LogP contribution in [0.25, 0.3) is 44.8 Å². The van der Waals surface area contributed by atoms with E-state index < -0.39 is 0 Å². The molecule has 1 saturated heterocycles. The summed E-state index contributed by atoms with van der Waals surface area (Å²) < 4.78 is 0. The molecule has 3 N–H and O–H groups in total. The second-order valence-electron chi connectivity index (χ2n) is 8.24. The fourth-order valence-electron chi connectivity index (χ4n) is 4.50. The molecular formula is C24H23N7. The molecule has 4 aromatic heterocycles. The summed E-state index contributed by atoms with van der Waals surface area (Å²) >= 11 is 0. The number of fused-ring (bicyclic) bond motifs is 2. The number of benzene rings is 1. The molecule has 154 valence electrons. The monoisotopic (exact) mass is 409 g/mol. The molecule has 0 spiro atoms. The van der Waals surface area contributed by atoms with E-state index in [0.29, 0.717) is 17.4 Å². The summed E-state index contributed by atoms with van der Waals surface area (Å²) in [4.78, 5) is 17.7. The normalized spacial score (nSPS) is 15.1. The Morgan fingerprint density at radius 3 is 2.77 bits per heavy atom. The Hall–Kier alpha value is -3.58. The van der Waals surface area contributed by atoms with Crippen molar-refractivity contribution in [3.63, 3.8) is 0 Å². The first-order valence-electron chi connectivity index (χ1n) is 10.7. The van der Waals surface area contributed by atoms with Gasteiger partial charge in [-0.25, -0.2) is 15.0 Å². The molecule has 5 aromatic rings. The summed E-state index contributed by atoms with van der Waals surface area (Å²) in [5.41, 5.74) is 8.66. The zero-order valence-electron chi connectivity index (χ0n) is 17.3. The summed E-state index contributed by atoms with van der Waals surface area (Å²) in [6.45, 7) is 4.18. The van der Waals surface area contributed by atoms with Crippen molar-refractivity contribution in [3.05, 3.63) is 59.9 Å². The van der Waals surface area contributed by atoms with E-state index in [-0.39, 0.29) is 0 Å². The number of nitrogens with zero attached hydrogens (tertiary/aromatic N) is 4. The van der Waals surface area contributed by atoms with Crippen LogP contribution in [0.2, 0.25) is 0 Å². The smallest absolute Gasteiger partial charge is 0.178 e. The number of piperidine rings is 1. The second-order valence-corrected chi connectivity index (χ2v) is 8.24. The van der Waals surface area contributed by atoms with Gasteiger partial charge in [0.1, 0.15) is 5.52 Å². The minimum absolute atomic E-state index is 0.485. The highest BCUT2D eigenvalue weighted by molar-refractivity contribution is 5.94. The van der Waals surface area contributed by atoms with Gasteiger partial charge in [0.05, 0.1) is 11.0 Å². The van der Waals surface area contributed by atoms with Crippen molar-refractivity contribution < 1.29 is 0 Å². The molecule has 1 fully saturated rings. The second kappa shape index (κ2) is 7.28. The molecule has 5 heterocycles. The largest absolute Gasteiger partial charge is 0.335 e. The number of aromatic amines is 2. The maximum Gasteiger partial charge on any atom is 0.178 e. The first-order chi connectivity index (χ1) is 15.3. The fraction of sp³-hybridized carbons (Fsp3) is 0.250. The Kier molecular flexibility index (Phi) is 4.28. The molecule has 0 unspecified atom stereocenters. The lowest BCUT2D eigenvalue weighted by molar-refractivity contribution is 0.454. The first kappa shape index (κ1) is 18.2. The fourth-order valence-corrected chi connectivity index (χ4v) is 4.50. The van der Waals surface area contributed by atoms with Crippen LogP contribution in [0.4, 0.5) is 0 Å². The highest BCUT2D eigenvalue weighted by atomic mass is 15.2. The van der Waals surface area contributed by atoms with Gasteiger partial charge in [0.2, 0.25) is 0 Å². The van der Waals surface area contributed by atoms with Gasteiger partial charge in [0.25, 0.3) is 0 Å². The summed E-state index contributed by atoms with van der Waals surface area (Å²) in [7, 11) is 0. The number of pyridine rings is 2. The molecule has 0 atom stereocenters. The number of rotatable bonds is 3. The molecule has 0 saturated carbocycles. The van der Waals surface area contributed by atoms with Crippen molar-refractivity contribution in [1.82, 2.24) is 35.5 Å². The summed E-state index contributed by atoms with van der Waals surface area (Å²) in [5.74, 6) is 1.17. The van der Waals surface area contributed by atoms with E-state index in [1.807, 2.05) is 6.07 Å². The number of nitrogens with one attached hydrogen (secondary N) is 3. The van der Waals surface area contributed by atoms with Crippen LogP contribution in [-0.2, 0) is 0 Å². The van der Waals surface area contributed by atoms with Gasteiger partial charge < -0.3 is 10.3 Å². The van der Waals surface area contributed by atoms with Crippen molar-refractivity contribution in [2.45, 2.75) is 25.7 Å². The van der Waals surface area contributed by atoms with Crippen molar-refractivity contribution in [3.8, 4) is 22.6 Å². The van der Waals surface area contributed by atoms with Crippen LogP contribution in [-0.4, -0.2) is 43.2 Å². The summed E-state index contributed by atoms with van der Waals surface area (Å²) in [5, 5.41) is 11.1. The van der Waals surface area contributed by atoms with Crippen LogP contribution in [0.5, 0.6) is 0 Å². The third-order valence-corrected chi connectivity index (χ3v) is 6.13. The minimum atomic E-state index is 0.485. The lowest BCUT2D eigenvalue weighted by Gasteiger charge is -2.22. The molecule has 1 aromatic carbocycles. The number of hydrogen-bond donors (Lipinski definition) is 3. The van der Waals surface area contributed by atoms with Crippen LogP contribution in [0, 0.1) is 6.92 Å². The lowest BCUT2D eigenvalue weighted by atomic mass is 9.94. The van der Waals surface area contributed by atoms with Crippen LogP contribution in [0.1, 0.15) is 30.0 Å². The van der Waals surface area contributed by atoms with Gasteiger partial charge in [-0.1, -0.05) is 29.8 Å². The van der Waals surface area contributed by atoms with E-state index >= 15 is 0 Å². The summed E-state index contributed by atoms with van der Waals surface area (Å²) in [6, 6.07) is 14.7. The van der Waals surface area contributed by atoms with Crippen molar-refractivity contribution in [1.29, 1.82) is 0 Å². The van der Waals surface area contributed by atoms with E-state index in [9.17, 15) is 0 Å². The number of H-pyrrole nitrogens is 2. The van der Waals surface area contributed by atoms with Gasteiger partial charge in [0, 0.05) is 23.4 Å². The van der Waals surface area contributed by atoms with E-state index in [2.05, 4.69) is 68.8 Å². The van der Waals surface area contributed by atoms with Crippen LogP contribution >= 0.6 is 0 Å². The zero-order valence-corrected chi connectivity index (χ0v) is 17.3. The molecule has 0 bridgehead atoms. The Labute approximate surface area is 179 Å². The Bertz CT molecular complexity index is 1390. The molecule has 31 heavy (non-hydrogen) atoms. The topological polar surface area (TPSA) is 95.2 Å². The number of hydrogen-bond acceptors (Lipinski definition) is 5. The standard InChI is InChI=1S/C24H23N7/c1-14-3-2-4-16(13-14)17-9-12-26-23-20(17)28-24(29-23)22-21-19(30-31-22)6-5-18(27-21)15-7-10-25-11-8-15/h2-6,9,12-13,15,25H,7-8,10-11H2,1H3,(H,30,31)(H,26,28,29). The number of aromatic nitrogens is 6. The summed E-state index contributed by atoms with van der Waals surface area (Å²) in [6.07, 6.45) is 4.03. The molecule has 1 aliphatic rings. The van der Waals surface area contributed by atoms with Gasteiger partial charge in [-0.15, -0.1) is 0 Å². The maximum absolute atomic E-state index is 5.00. The van der Waals surface area contributed by atoms with Crippen molar-refractivity contribution in [2.24, 2.45) is 0 Å². The molecule has 6 rings (SSSR count). The predicted molar refractivity (Wildman–Crippen MR) is 122 cm³/mol. The van der Waals surface area contributed by atoms with Gasteiger partial charge in [-0.2, -0.15) is 5.10 Å².